The van der Waals surface area contributed by atoms with E-state index in [2.05, 4.69) is 10.6 Å². The molecule has 2 N–H and O–H groups in total. The summed E-state index contributed by atoms with van der Waals surface area (Å²) in [5.74, 6) is 0.190. The zero-order valence-corrected chi connectivity index (χ0v) is 18.2. The highest BCUT2D eigenvalue weighted by atomic mass is 16.7. The highest BCUT2D eigenvalue weighted by Gasteiger charge is 2.37. The van der Waals surface area contributed by atoms with Crippen LogP contribution in [-0.2, 0) is 14.4 Å². The summed E-state index contributed by atoms with van der Waals surface area (Å²) in [4.78, 5) is 40.0. The smallest absolute Gasteiger partial charge is 0.243 e. The van der Waals surface area contributed by atoms with Crippen molar-refractivity contribution in [1.29, 1.82) is 0 Å². The predicted molar refractivity (Wildman–Crippen MR) is 115 cm³/mol. The zero-order chi connectivity index (χ0) is 22.0. The van der Waals surface area contributed by atoms with Gasteiger partial charge in [0, 0.05) is 30.8 Å². The molecule has 2 aliphatic heterocycles. The summed E-state index contributed by atoms with van der Waals surface area (Å²) in [6, 6.07) is 4.90. The minimum Gasteiger partial charge on any atom is -0.454 e. The van der Waals surface area contributed by atoms with Gasteiger partial charge in [-0.25, -0.2) is 0 Å². The fourth-order valence-corrected chi connectivity index (χ4v) is 4.53. The highest BCUT2D eigenvalue weighted by molar-refractivity contribution is 6.01. The van der Waals surface area contributed by atoms with Crippen molar-refractivity contribution in [2.24, 2.45) is 11.8 Å². The van der Waals surface area contributed by atoms with Crippen molar-refractivity contribution in [3.8, 4) is 11.5 Å². The Bertz CT molecular complexity index is 850. The van der Waals surface area contributed by atoms with Gasteiger partial charge in [-0.15, -0.1) is 0 Å². The van der Waals surface area contributed by atoms with Crippen LogP contribution in [0.1, 0.15) is 52.4 Å². The third kappa shape index (κ3) is 4.78. The standard InChI is InChI=1S/C23H31N3O5/c1-14(2)21(23(29)24-16-6-4-3-5-7-16)25-22(28)15-10-20(27)26(12-15)17-8-9-18-19(11-17)31-13-30-18/h8-9,11,14-16,21H,3-7,10,12-13H2,1-2H3,(H,24,29)(H,25,28)/t15?,21-/m1/s1. The largest absolute Gasteiger partial charge is 0.454 e. The molecular formula is C23H31N3O5. The summed E-state index contributed by atoms with van der Waals surface area (Å²) in [5, 5.41) is 6.01. The van der Waals surface area contributed by atoms with E-state index in [0.717, 1.165) is 25.7 Å². The number of ether oxygens (including phenoxy) is 2. The molecule has 3 amide bonds. The molecule has 2 atom stereocenters. The molecule has 3 aliphatic rings. The monoisotopic (exact) mass is 429 g/mol. The second-order valence-electron chi connectivity index (χ2n) is 9.02. The molecule has 2 heterocycles. The van der Waals surface area contributed by atoms with Crippen molar-refractivity contribution in [2.45, 2.75) is 64.5 Å². The molecule has 31 heavy (non-hydrogen) atoms. The van der Waals surface area contributed by atoms with Gasteiger partial charge in [-0.2, -0.15) is 0 Å². The highest BCUT2D eigenvalue weighted by Crippen LogP contribution is 2.37. The average Bonchev–Trinajstić information content (AvgIpc) is 3.38. The summed E-state index contributed by atoms with van der Waals surface area (Å²) < 4.78 is 10.7. The summed E-state index contributed by atoms with van der Waals surface area (Å²) in [6.45, 7) is 4.28. The molecule has 1 saturated carbocycles. The number of benzene rings is 1. The van der Waals surface area contributed by atoms with Crippen LogP contribution < -0.4 is 25.0 Å². The number of amides is 3. The number of hydrogen-bond donors (Lipinski definition) is 2. The Morgan fingerprint density at radius 1 is 1.10 bits per heavy atom. The lowest BCUT2D eigenvalue weighted by molar-refractivity contribution is -0.132. The van der Waals surface area contributed by atoms with Crippen molar-refractivity contribution in [1.82, 2.24) is 10.6 Å². The van der Waals surface area contributed by atoms with Crippen molar-refractivity contribution in [3.63, 3.8) is 0 Å². The van der Waals surface area contributed by atoms with Gasteiger partial charge in [0.25, 0.3) is 0 Å². The maximum Gasteiger partial charge on any atom is 0.243 e. The molecule has 1 aromatic rings. The first-order chi connectivity index (χ1) is 14.9. The quantitative estimate of drug-likeness (QED) is 0.724. The molecule has 1 aliphatic carbocycles. The number of fused-ring (bicyclic) bond motifs is 1. The van der Waals surface area contributed by atoms with Crippen LogP contribution in [0.3, 0.4) is 0 Å². The lowest BCUT2D eigenvalue weighted by Crippen LogP contribution is -2.53. The van der Waals surface area contributed by atoms with E-state index >= 15 is 0 Å². The molecule has 8 heteroatoms. The molecule has 1 saturated heterocycles. The number of carbonyl (C=O) groups is 3. The lowest BCUT2D eigenvalue weighted by Gasteiger charge is -2.28. The Hall–Kier alpha value is -2.77. The molecule has 8 nitrogen and oxygen atoms in total. The van der Waals surface area contributed by atoms with E-state index in [9.17, 15) is 14.4 Å². The van der Waals surface area contributed by atoms with Gasteiger partial charge < -0.3 is 25.0 Å². The Kier molecular flexibility index (Phi) is 6.34. The van der Waals surface area contributed by atoms with E-state index in [-0.39, 0.29) is 49.4 Å². The second kappa shape index (κ2) is 9.16. The van der Waals surface area contributed by atoms with Crippen molar-refractivity contribution in [2.75, 3.05) is 18.2 Å². The molecule has 0 spiro atoms. The van der Waals surface area contributed by atoms with Crippen LogP contribution in [-0.4, -0.2) is 43.1 Å². The average molecular weight is 430 g/mol. The molecule has 1 aromatic carbocycles. The minimum absolute atomic E-state index is 0.0467. The molecular weight excluding hydrogens is 398 g/mol. The molecule has 168 valence electrons. The van der Waals surface area contributed by atoms with Gasteiger partial charge in [-0.1, -0.05) is 33.1 Å². The molecule has 1 unspecified atom stereocenters. The van der Waals surface area contributed by atoms with E-state index in [1.165, 1.54) is 6.42 Å². The summed E-state index contributed by atoms with van der Waals surface area (Å²) in [6.07, 6.45) is 5.58. The Morgan fingerprint density at radius 2 is 1.84 bits per heavy atom. The summed E-state index contributed by atoms with van der Waals surface area (Å²) >= 11 is 0. The number of anilines is 1. The van der Waals surface area contributed by atoms with Crippen LogP contribution in [0.15, 0.2) is 18.2 Å². The molecule has 0 radical (unpaired) electrons. The molecule has 0 bridgehead atoms. The Morgan fingerprint density at radius 3 is 2.58 bits per heavy atom. The van der Waals surface area contributed by atoms with Gasteiger partial charge in [0.1, 0.15) is 6.04 Å². The van der Waals surface area contributed by atoms with Gasteiger partial charge in [0.05, 0.1) is 5.92 Å². The lowest BCUT2D eigenvalue weighted by atomic mass is 9.94. The normalized spacial score (nSPS) is 22.0. The molecule has 2 fully saturated rings. The first kappa shape index (κ1) is 21.5. The molecule has 0 aromatic heterocycles. The number of nitrogens with one attached hydrogen (secondary N) is 2. The number of carbonyl (C=O) groups excluding carboxylic acids is 3. The third-order valence-corrected chi connectivity index (χ3v) is 6.36. The summed E-state index contributed by atoms with van der Waals surface area (Å²) in [5.41, 5.74) is 0.681. The van der Waals surface area contributed by atoms with Crippen LogP contribution >= 0.6 is 0 Å². The van der Waals surface area contributed by atoms with Crippen molar-refractivity contribution < 1.29 is 23.9 Å². The molecule has 4 rings (SSSR count). The van der Waals surface area contributed by atoms with E-state index < -0.39 is 12.0 Å². The maximum absolute atomic E-state index is 13.0. The van der Waals surface area contributed by atoms with Crippen LogP contribution in [0.2, 0.25) is 0 Å². The third-order valence-electron chi connectivity index (χ3n) is 6.36. The van der Waals surface area contributed by atoms with Crippen molar-refractivity contribution in [3.05, 3.63) is 18.2 Å². The van der Waals surface area contributed by atoms with Gasteiger partial charge in [-0.3, -0.25) is 14.4 Å². The van der Waals surface area contributed by atoms with E-state index in [4.69, 9.17) is 9.47 Å². The van der Waals surface area contributed by atoms with E-state index in [1.807, 2.05) is 13.8 Å². The Labute approximate surface area is 182 Å². The SMILES string of the molecule is CC(C)[C@@H](NC(=O)C1CC(=O)N(c2ccc3c(c2)OCO3)C1)C(=O)NC1CCCCC1. The first-order valence-corrected chi connectivity index (χ1v) is 11.2. The van der Waals surface area contributed by atoms with Crippen LogP contribution in [0.5, 0.6) is 11.5 Å². The summed E-state index contributed by atoms with van der Waals surface area (Å²) in [7, 11) is 0. The topological polar surface area (TPSA) is 97.0 Å². The van der Waals surface area contributed by atoms with E-state index in [1.54, 1.807) is 23.1 Å². The zero-order valence-electron chi connectivity index (χ0n) is 18.2. The van der Waals surface area contributed by atoms with Gasteiger partial charge in [0.15, 0.2) is 11.5 Å². The number of rotatable bonds is 6. The van der Waals surface area contributed by atoms with Crippen LogP contribution in [0, 0.1) is 11.8 Å². The van der Waals surface area contributed by atoms with Crippen LogP contribution in [0.25, 0.3) is 0 Å². The fourth-order valence-electron chi connectivity index (χ4n) is 4.53. The Balaban J connectivity index is 1.37. The van der Waals surface area contributed by atoms with Crippen molar-refractivity contribution >= 4 is 23.4 Å². The van der Waals surface area contributed by atoms with Gasteiger partial charge >= 0.3 is 0 Å². The fraction of sp³-hybridized carbons (Fsp3) is 0.609. The second-order valence-corrected chi connectivity index (χ2v) is 9.02. The van der Waals surface area contributed by atoms with Crippen LogP contribution in [0.4, 0.5) is 5.69 Å². The number of hydrogen-bond acceptors (Lipinski definition) is 5. The first-order valence-electron chi connectivity index (χ1n) is 11.2. The van der Waals surface area contributed by atoms with E-state index in [0.29, 0.717) is 17.2 Å². The van der Waals surface area contributed by atoms with Gasteiger partial charge in [0.2, 0.25) is 24.5 Å². The number of nitrogens with zero attached hydrogens (tertiary/aromatic N) is 1. The predicted octanol–water partition coefficient (Wildman–Crippen LogP) is 2.36. The van der Waals surface area contributed by atoms with Gasteiger partial charge in [-0.05, 0) is 30.9 Å². The maximum atomic E-state index is 13.0. The minimum atomic E-state index is -0.607.